The van der Waals surface area contributed by atoms with E-state index < -0.39 is 0 Å². The summed E-state index contributed by atoms with van der Waals surface area (Å²) in [6.45, 7) is 2.60. The van der Waals surface area contributed by atoms with E-state index in [1.807, 2.05) is 49.4 Å². The van der Waals surface area contributed by atoms with Crippen LogP contribution < -0.4 is 10.2 Å². The van der Waals surface area contributed by atoms with Crippen LogP contribution in [0.5, 0.6) is 5.75 Å². The summed E-state index contributed by atoms with van der Waals surface area (Å²) in [7, 11) is 0. The molecule has 0 saturated heterocycles. The van der Waals surface area contributed by atoms with Crippen molar-refractivity contribution in [3.8, 4) is 5.75 Å². The summed E-state index contributed by atoms with van der Waals surface area (Å²) in [4.78, 5) is 11.8. The van der Waals surface area contributed by atoms with Crippen LogP contribution in [-0.4, -0.2) is 11.8 Å². The molecule has 0 N–H and O–H groups in total. The van der Waals surface area contributed by atoms with Crippen molar-refractivity contribution >= 4 is 23.1 Å². The van der Waals surface area contributed by atoms with Gasteiger partial charge in [0.05, 0.1) is 12.0 Å². The number of aromatic nitrogens is 1. The fourth-order valence-corrected chi connectivity index (χ4v) is 2.16. The molecule has 0 fully saturated rings. The molecule has 3 rings (SSSR count). The molecule has 0 atom stereocenters. The zero-order valence-electron chi connectivity index (χ0n) is 12.2. The quantitative estimate of drug-likeness (QED) is 0.735. The molecule has 0 saturated carbocycles. The SMILES string of the molecule is CCOc1ccc(C=Cc2noc3c(=O)ccccc23)cc1. The van der Waals surface area contributed by atoms with Crippen LogP contribution >= 0.6 is 0 Å². The van der Waals surface area contributed by atoms with Crippen LogP contribution in [0.2, 0.25) is 0 Å². The first-order chi connectivity index (χ1) is 10.8. The number of benzene rings is 1. The van der Waals surface area contributed by atoms with Gasteiger partial charge >= 0.3 is 0 Å². The first-order valence-electron chi connectivity index (χ1n) is 7.07. The smallest absolute Gasteiger partial charge is 0.224 e. The van der Waals surface area contributed by atoms with Crippen molar-refractivity contribution in [2.75, 3.05) is 6.61 Å². The first-order valence-corrected chi connectivity index (χ1v) is 7.07. The highest BCUT2D eigenvalue weighted by Gasteiger charge is 2.06. The largest absolute Gasteiger partial charge is 0.494 e. The molecular weight excluding hydrogens is 278 g/mol. The van der Waals surface area contributed by atoms with E-state index >= 15 is 0 Å². The van der Waals surface area contributed by atoms with Crippen molar-refractivity contribution in [3.63, 3.8) is 0 Å². The lowest BCUT2D eigenvalue weighted by molar-refractivity contribution is 0.340. The van der Waals surface area contributed by atoms with Gasteiger partial charge in [0, 0.05) is 0 Å². The van der Waals surface area contributed by atoms with Crippen LogP contribution in [0.15, 0.2) is 57.8 Å². The highest BCUT2D eigenvalue weighted by molar-refractivity contribution is 5.87. The van der Waals surface area contributed by atoms with E-state index in [2.05, 4.69) is 5.16 Å². The van der Waals surface area contributed by atoms with Gasteiger partial charge in [-0.05, 0) is 42.8 Å². The molecule has 0 aliphatic heterocycles. The third-order valence-electron chi connectivity index (χ3n) is 3.23. The predicted molar refractivity (Wildman–Crippen MR) is 86.8 cm³/mol. The molecular formula is C18H15NO3. The van der Waals surface area contributed by atoms with E-state index in [4.69, 9.17) is 9.26 Å². The Balaban J connectivity index is 1.91. The van der Waals surface area contributed by atoms with Crippen molar-refractivity contribution in [2.45, 2.75) is 6.92 Å². The number of hydrogen-bond donors (Lipinski definition) is 0. The van der Waals surface area contributed by atoms with Crippen LogP contribution in [0.3, 0.4) is 0 Å². The summed E-state index contributed by atoms with van der Waals surface area (Å²) in [5.74, 6) is 0.842. The Kier molecular flexibility index (Phi) is 4.01. The van der Waals surface area contributed by atoms with Gasteiger partial charge < -0.3 is 9.26 Å². The van der Waals surface area contributed by atoms with Crippen LogP contribution in [0, 0.1) is 0 Å². The maximum absolute atomic E-state index is 11.8. The van der Waals surface area contributed by atoms with E-state index in [1.165, 1.54) is 6.07 Å². The van der Waals surface area contributed by atoms with E-state index in [1.54, 1.807) is 12.1 Å². The summed E-state index contributed by atoms with van der Waals surface area (Å²) in [6.07, 6.45) is 3.76. The van der Waals surface area contributed by atoms with Gasteiger partial charge in [0.2, 0.25) is 11.0 Å². The van der Waals surface area contributed by atoms with Crippen molar-refractivity contribution in [1.82, 2.24) is 5.16 Å². The summed E-state index contributed by atoms with van der Waals surface area (Å²) in [5, 5.41) is 4.67. The summed E-state index contributed by atoms with van der Waals surface area (Å²) in [6, 6.07) is 14.5. The average Bonchev–Trinajstić information content (AvgIpc) is 2.85. The number of fused-ring (bicyclic) bond motifs is 1. The third-order valence-corrected chi connectivity index (χ3v) is 3.23. The normalized spacial score (nSPS) is 11.1. The molecule has 0 spiro atoms. The standard InChI is InChI=1S/C18H15NO3/c1-2-21-14-10-7-13(8-11-14)9-12-16-15-5-3-4-6-17(20)18(15)22-19-16/h3-12H,2H2,1H3. The van der Waals surface area contributed by atoms with Crippen LogP contribution in [0.1, 0.15) is 18.2 Å². The molecule has 4 heteroatoms. The number of nitrogens with zero attached hydrogens (tertiary/aromatic N) is 1. The Morgan fingerprint density at radius 3 is 2.64 bits per heavy atom. The highest BCUT2D eigenvalue weighted by Crippen LogP contribution is 2.18. The molecule has 4 nitrogen and oxygen atoms in total. The zero-order valence-corrected chi connectivity index (χ0v) is 12.2. The fraction of sp³-hybridized carbons (Fsp3) is 0.111. The summed E-state index contributed by atoms with van der Waals surface area (Å²) < 4.78 is 10.6. The number of rotatable bonds is 4. The molecule has 1 heterocycles. The molecule has 110 valence electrons. The summed E-state index contributed by atoms with van der Waals surface area (Å²) in [5.41, 5.74) is 1.75. The molecule has 0 aliphatic rings. The van der Waals surface area contributed by atoms with Crippen molar-refractivity contribution in [1.29, 1.82) is 0 Å². The van der Waals surface area contributed by atoms with E-state index in [0.717, 1.165) is 11.3 Å². The van der Waals surface area contributed by atoms with Gasteiger partial charge in [-0.1, -0.05) is 35.5 Å². The van der Waals surface area contributed by atoms with Crippen molar-refractivity contribution < 1.29 is 9.26 Å². The van der Waals surface area contributed by atoms with E-state index in [9.17, 15) is 4.79 Å². The molecule has 0 unspecified atom stereocenters. The highest BCUT2D eigenvalue weighted by atomic mass is 16.5. The second-order valence-corrected chi connectivity index (χ2v) is 4.73. The molecule has 2 aromatic carbocycles. The van der Waals surface area contributed by atoms with Gasteiger partial charge in [0.15, 0.2) is 0 Å². The first kappa shape index (κ1) is 14.1. The van der Waals surface area contributed by atoms with Crippen LogP contribution in [0.25, 0.3) is 23.1 Å². The Morgan fingerprint density at radius 2 is 1.86 bits per heavy atom. The van der Waals surface area contributed by atoms with Crippen LogP contribution in [-0.2, 0) is 0 Å². The minimum atomic E-state index is -0.173. The maximum atomic E-state index is 11.8. The van der Waals surface area contributed by atoms with Gasteiger partial charge in [0.1, 0.15) is 11.4 Å². The Labute approximate surface area is 127 Å². The van der Waals surface area contributed by atoms with E-state index in [-0.39, 0.29) is 11.0 Å². The van der Waals surface area contributed by atoms with Crippen molar-refractivity contribution in [3.05, 3.63) is 70.0 Å². The Hall–Kier alpha value is -2.88. The second kappa shape index (κ2) is 6.26. The van der Waals surface area contributed by atoms with Crippen molar-refractivity contribution in [2.24, 2.45) is 0 Å². The molecule has 0 aliphatic carbocycles. The Morgan fingerprint density at radius 1 is 1.09 bits per heavy atom. The molecule has 1 aromatic heterocycles. The zero-order chi connectivity index (χ0) is 15.4. The maximum Gasteiger partial charge on any atom is 0.224 e. The van der Waals surface area contributed by atoms with Gasteiger partial charge in [-0.3, -0.25) is 4.79 Å². The lowest BCUT2D eigenvalue weighted by Gasteiger charge is -2.01. The molecule has 22 heavy (non-hydrogen) atoms. The molecule has 0 bridgehead atoms. The molecule has 0 radical (unpaired) electrons. The fourth-order valence-electron chi connectivity index (χ4n) is 2.16. The Bertz CT molecular complexity index is 863. The van der Waals surface area contributed by atoms with Gasteiger partial charge in [-0.25, -0.2) is 0 Å². The second-order valence-electron chi connectivity index (χ2n) is 4.73. The minimum absolute atomic E-state index is 0.173. The number of ether oxygens (including phenoxy) is 1. The number of hydrogen-bond acceptors (Lipinski definition) is 4. The molecule has 0 amide bonds. The monoisotopic (exact) mass is 293 g/mol. The van der Waals surface area contributed by atoms with E-state index in [0.29, 0.717) is 17.7 Å². The minimum Gasteiger partial charge on any atom is -0.494 e. The van der Waals surface area contributed by atoms with Gasteiger partial charge in [-0.2, -0.15) is 0 Å². The lowest BCUT2D eigenvalue weighted by atomic mass is 10.1. The average molecular weight is 293 g/mol. The molecule has 3 aromatic rings. The van der Waals surface area contributed by atoms with Crippen LogP contribution in [0.4, 0.5) is 0 Å². The predicted octanol–water partition coefficient (Wildman–Crippen LogP) is 3.76. The topological polar surface area (TPSA) is 52.3 Å². The summed E-state index contributed by atoms with van der Waals surface area (Å²) >= 11 is 0. The lowest BCUT2D eigenvalue weighted by Crippen LogP contribution is -1.91. The van der Waals surface area contributed by atoms with Gasteiger partial charge in [0.25, 0.3) is 0 Å². The van der Waals surface area contributed by atoms with Gasteiger partial charge in [-0.15, -0.1) is 0 Å². The third kappa shape index (κ3) is 2.91.